The van der Waals surface area contributed by atoms with Crippen LogP contribution in [0, 0.1) is 0 Å². The van der Waals surface area contributed by atoms with Crippen LogP contribution in [0.3, 0.4) is 0 Å². The van der Waals surface area contributed by atoms with Crippen LogP contribution in [-0.2, 0) is 19.6 Å². The molecule has 0 aliphatic carbocycles. The Bertz CT molecular complexity index is 957. The van der Waals surface area contributed by atoms with Gasteiger partial charge in [0, 0.05) is 25.3 Å². The van der Waals surface area contributed by atoms with E-state index in [1.807, 2.05) is 6.92 Å². The maximum absolute atomic E-state index is 12.5. The SMILES string of the molecule is CCC(Oc1ccc(N(C)S(C)(=O)=O)cc1)C(=O)Nc1ccc(NC(C)=O)cc1. The van der Waals surface area contributed by atoms with E-state index in [0.717, 1.165) is 10.6 Å². The van der Waals surface area contributed by atoms with Gasteiger partial charge in [-0.1, -0.05) is 6.92 Å². The third-order valence-electron chi connectivity index (χ3n) is 4.11. The fourth-order valence-corrected chi connectivity index (χ4v) is 2.98. The highest BCUT2D eigenvalue weighted by Gasteiger charge is 2.19. The summed E-state index contributed by atoms with van der Waals surface area (Å²) in [6.07, 6.45) is 0.849. The highest BCUT2D eigenvalue weighted by atomic mass is 32.2. The Labute approximate surface area is 170 Å². The second-order valence-electron chi connectivity index (χ2n) is 6.49. The van der Waals surface area contributed by atoms with Gasteiger partial charge in [-0.25, -0.2) is 8.42 Å². The highest BCUT2D eigenvalue weighted by Crippen LogP contribution is 2.22. The van der Waals surface area contributed by atoms with Crippen molar-refractivity contribution in [3.8, 4) is 5.75 Å². The van der Waals surface area contributed by atoms with E-state index in [0.29, 0.717) is 29.2 Å². The fraction of sp³-hybridized carbons (Fsp3) is 0.300. The molecule has 156 valence electrons. The number of nitrogens with zero attached hydrogens (tertiary/aromatic N) is 1. The van der Waals surface area contributed by atoms with Crippen LogP contribution in [0.1, 0.15) is 20.3 Å². The number of anilines is 3. The Balaban J connectivity index is 2.01. The second kappa shape index (κ2) is 9.42. The molecule has 0 saturated heterocycles. The number of rotatable bonds is 8. The van der Waals surface area contributed by atoms with E-state index >= 15 is 0 Å². The predicted molar refractivity (Wildman–Crippen MR) is 114 cm³/mol. The molecule has 29 heavy (non-hydrogen) atoms. The Morgan fingerprint density at radius 2 is 1.52 bits per heavy atom. The minimum atomic E-state index is -3.35. The number of benzene rings is 2. The molecule has 0 bridgehead atoms. The standard InChI is InChI=1S/C20H25N3O5S/c1-5-19(20(25)22-16-8-6-15(7-9-16)21-14(2)24)28-18-12-10-17(11-13-18)23(3)29(4,26)27/h6-13,19H,5H2,1-4H3,(H,21,24)(H,22,25). The number of carbonyl (C=O) groups excluding carboxylic acids is 2. The first-order chi connectivity index (χ1) is 13.6. The summed E-state index contributed by atoms with van der Waals surface area (Å²) in [4.78, 5) is 23.6. The molecule has 0 aliphatic heterocycles. The molecule has 2 amide bonds. The largest absolute Gasteiger partial charge is 0.481 e. The van der Waals surface area contributed by atoms with Crippen LogP contribution in [0.2, 0.25) is 0 Å². The molecule has 8 nitrogen and oxygen atoms in total. The average molecular weight is 420 g/mol. The van der Waals surface area contributed by atoms with E-state index in [1.165, 1.54) is 14.0 Å². The lowest BCUT2D eigenvalue weighted by atomic mass is 10.2. The molecular formula is C20H25N3O5S. The number of carbonyl (C=O) groups is 2. The smallest absolute Gasteiger partial charge is 0.265 e. The zero-order valence-corrected chi connectivity index (χ0v) is 17.6. The molecular weight excluding hydrogens is 394 g/mol. The van der Waals surface area contributed by atoms with Crippen molar-refractivity contribution in [2.75, 3.05) is 28.2 Å². The third-order valence-corrected chi connectivity index (χ3v) is 5.32. The van der Waals surface area contributed by atoms with Gasteiger partial charge in [0.25, 0.3) is 5.91 Å². The molecule has 9 heteroatoms. The van der Waals surface area contributed by atoms with Crippen LogP contribution in [0.4, 0.5) is 17.1 Å². The molecule has 2 N–H and O–H groups in total. The van der Waals surface area contributed by atoms with Gasteiger partial charge in [0.15, 0.2) is 6.10 Å². The summed E-state index contributed by atoms with van der Waals surface area (Å²) in [7, 11) is -1.89. The van der Waals surface area contributed by atoms with Crippen LogP contribution in [0.25, 0.3) is 0 Å². The van der Waals surface area contributed by atoms with Crippen molar-refractivity contribution < 1.29 is 22.7 Å². The van der Waals surface area contributed by atoms with Crippen molar-refractivity contribution >= 4 is 38.9 Å². The maximum Gasteiger partial charge on any atom is 0.265 e. The van der Waals surface area contributed by atoms with Gasteiger partial charge in [0.2, 0.25) is 15.9 Å². The monoisotopic (exact) mass is 419 g/mol. The number of hydrogen-bond acceptors (Lipinski definition) is 5. The van der Waals surface area contributed by atoms with Crippen molar-refractivity contribution in [1.82, 2.24) is 0 Å². The molecule has 2 rings (SSSR count). The Kier molecular flexibility index (Phi) is 7.22. The third kappa shape index (κ3) is 6.49. The first kappa shape index (κ1) is 22.2. The van der Waals surface area contributed by atoms with Gasteiger partial charge in [-0.2, -0.15) is 0 Å². The molecule has 0 heterocycles. The molecule has 0 aromatic heterocycles. The minimum absolute atomic E-state index is 0.171. The zero-order chi connectivity index (χ0) is 21.6. The van der Waals surface area contributed by atoms with E-state index in [2.05, 4.69) is 10.6 Å². The van der Waals surface area contributed by atoms with Crippen molar-refractivity contribution in [2.45, 2.75) is 26.4 Å². The van der Waals surface area contributed by atoms with Gasteiger partial charge in [0.1, 0.15) is 5.75 Å². The van der Waals surface area contributed by atoms with Gasteiger partial charge in [-0.3, -0.25) is 13.9 Å². The van der Waals surface area contributed by atoms with Crippen LogP contribution in [0.15, 0.2) is 48.5 Å². The summed E-state index contributed by atoms with van der Waals surface area (Å²) in [5.74, 6) is -0.0225. The number of amides is 2. The summed E-state index contributed by atoms with van der Waals surface area (Å²) >= 11 is 0. The van der Waals surface area contributed by atoms with Crippen LogP contribution >= 0.6 is 0 Å². The molecule has 0 saturated carbocycles. The van der Waals surface area contributed by atoms with Gasteiger partial charge in [0.05, 0.1) is 11.9 Å². The van der Waals surface area contributed by atoms with Gasteiger partial charge in [-0.05, 0) is 55.0 Å². The lowest BCUT2D eigenvalue weighted by Crippen LogP contribution is -2.32. The molecule has 0 spiro atoms. The summed E-state index contributed by atoms with van der Waals surface area (Å²) in [5, 5.41) is 5.44. The van der Waals surface area contributed by atoms with Gasteiger partial charge < -0.3 is 15.4 Å². The molecule has 0 fully saturated rings. The summed E-state index contributed by atoms with van der Waals surface area (Å²) < 4.78 is 30.1. The van der Waals surface area contributed by atoms with Crippen LogP contribution in [0.5, 0.6) is 5.75 Å². The molecule has 0 radical (unpaired) electrons. The molecule has 1 atom stereocenters. The highest BCUT2D eigenvalue weighted by molar-refractivity contribution is 7.92. The summed E-state index contributed by atoms with van der Waals surface area (Å²) in [6.45, 7) is 3.25. The van der Waals surface area contributed by atoms with E-state index < -0.39 is 16.1 Å². The van der Waals surface area contributed by atoms with Crippen molar-refractivity contribution in [2.24, 2.45) is 0 Å². The number of hydrogen-bond donors (Lipinski definition) is 2. The van der Waals surface area contributed by atoms with E-state index in [9.17, 15) is 18.0 Å². The van der Waals surface area contributed by atoms with Gasteiger partial charge in [-0.15, -0.1) is 0 Å². The predicted octanol–water partition coefficient (Wildman–Crippen LogP) is 2.84. The Morgan fingerprint density at radius 3 is 1.97 bits per heavy atom. The van der Waals surface area contributed by atoms with E-state index in [4.69, 9.17) is 4.74 Å². The number of nitrogens with one attached hydrogen (secondary N) is 2. The van der Waals surface area contributed by atoms with E-state index in [1.54, 1.807) is 48.5 Å². The van der Waals surface area contributed by atoms with Crippen molar-refractivity contribution in [1.29, 1.82) is 0 Å². The number of sulfonamides is 1. The topological polar surface area (TPSA) is 105 Å². The fourth-order valence-electron chi connectivity index (χ4n) is 2.48. The lowest BCUT2D eigenvalue weighted by Gasteiger charge is -2.19. The second-order valence-corrected chi connectivity index (χ2v) is 8.50. The quantitative estimate of drug-likeness (QED) is 0.685. The van der Waals surface area contributed by atoms with Crippen molar-refractivity contribution in [3.63, 3.8) is 0 Å². The first-order valence-corrected chi connectivity index (χ1v) is 10.8. The Morgan fingerprint density at radius 1 is 1.00 bits per heavy atom. The number of ether oxygens (including phenoxy) is 1. The van der Waals surface area contributed by atoms with Crippen molar-refractivity contribution in [3.05, 3.63) is 48.5 Å². The van der Waals surface area contributed by atoms with Crippen LogP contribution in [-0.4, -0.2) is 39.6 Å². The zero-order valence-electron chi connectivity index (χ0n) is 16.8. The van der Waals surface area contributed by atoms with Crippen LogP contribution < -0.4 is 19.7 Å². The molecule has 1 unspecified atom stereocenters. The minimum Gasteiger partial charge on any atom is -0.481 e. The lowest BCUT2D eigenvalue weighted by molar-refractivity contribution is -0.122. The molecule has 2 aromatic carbocycles. The summed E-state index contributed by atoms with van der Waals surface area (Å²) in [6, 6.07) is 13.2. The Hall–Kier alpha value is -3.07. The first-order valence-electron chi connectivity index (χ1n) is 8.99. The van der Waals surface area contributed by atoms with Gasteiger partial charge >= 0.3 is 0 Å². The van der Waals surface area contributed by atoms with E-state index in [-0.39, 0.29) is 11.8 Å². The molecule has 2 aromatic rings. The average Bonchev–Trinajstić information content (AvgIpc) is 2.66. The summed E-state index contributed by atoms with van der Waals surface area (Å²) in [5.41, 5.74) is 1.71. The maximum atomic E-state index is 12.5. The molecule has 0 aliphatic rings. The normalized spacial score (nSPS) is 12.0.